The van der Waals surface area contributed by atoms with Gasteiger partial charge in [0.25, 0.3) is 0 Å². The number of hydrogen-bond donors (Lipinski definition) is 2. The third kappa shape index (κ3) is 3.15. The van der Waals surface area contributed by atoms with Crippen molar-refractivity contribution < 1.29 is 0 Å². The highest BCUT2D eigenvalue weighted by Crippen LogP contribution is 2.39. The Bertz CT molecular complexity index is 463. The fourth-order valence-corrected chi connectivity index (χ4v) is 1.71. The van der Waals surface area contributed by atoms with Gasteiger partial charge in [-0.1, -0.05) is 0 Å². The van der Waals surface area contributed by atoms with Gasteiger partial charge in [0.1, 0.15) is 17.5 Å². The van der Waals surface area contributed by atoms with E-state index in [-0.39, 0.29) is 5.54 Å². The van der Waals surface area contributed by atoms with Gasteiger partial charge in [0, 0.05) is 23.6 Å². The number of aromatic nitrogens is 2. The largest absolute Gasteiger partial charge is 0.383 e. The first-order valence-corrected chi connectivity index (χ1v) is 6.86. The molecule has 0 unspecified atom stereocenters. The second-order valence-electron chi connectivity index (χ2n) is 6.28. The monoisotopic (exact) mass is 263 g/mol. The van der Waals surface area contributed by atoms with Crippen molar-refractivity contribution in [2.45, 2.75) is 45.1 Å². The second-order valence-corrected chi connectivity index (χ2v) is 6.28. The lowest BCUT2D eigenvalue weighted by Crippen LogP contribution is -2.44. The van der Waals surface area contributed by atoms with Gasteiger partial charge in [0.05, 0.1) is 0 Å². The predicted molar refractivity (Wildman–Crippen MR) is 79.4 cm³/mol. The Kier molecular flexibility index (Phi) is 3.67. The molecule has 1 heterocycles. The van der Waals surface area contributed by atoms with E-state index in [0.717, 1.165) is 23.8 Å². The molecule has 3 N–H and O–H groups in total. The molecular formula is C14H25N5. The number of nitrogen functional groups attached to an aromatic ring is 1. The predicted octanol–water partition coefficient (Wildman–Crippen LogP) is 2.00. The van der Waals surface area contributed by atoms with E-state index in [4.69, 9.17) is 5.73 Å². The molecule has 5 nitrogen and oxygen atoms in total. The first-order valence-electron chi connectivity index (χ1n) is 6.86. The van der Waals surface area contributed by atoms with Gasteiger partial charge in [-0.25, -0.2) is 9.97 Å². The van der Waals surface area contributed by atoms with Crippen molar-refractivity contribution >= 4 is 11.6 Å². The summed E-state index contributed by atoms with van der Waals surface area (Å²) >= 11 is 0. The average molecular weight is 263 g/mol. The maximum Gasteiger partial charge on any atom is 0.136 e. The number of likely N-dealkylation sites (N-methyl/N-ethyl adjacent to an activating group) is 1. The van der Waals surface area contributed by atoms with Crippen molar-refractivity contribution in [3.63, 3.8) is 0 Å². The van der Waals surface area contributed by atoms with Crippen LogP contribution in [-0.4, -0.2) is 41.0 Å². The molecule has 1 aliphatic carbocycles. The number of nitrogens with two attached hydrogens (primary N) is 1. The summed E-state index contributed by atoms with van der Waals surface area (Å²) in [4.78, 5) is 11.2. The third-order valence-electron chi connectivity index (χ3n) is 4.04. The zero-order valence-electron chi connectivity index (χ0n) is 12.6. The van der Waals surface area contributed by atoms with E-state index < -0.39 is 0 Å². The maximum atomic E-state index is 5.98. The smallest absolute Gasteiger partial charge is 0.136 e. The minimum absolute atomic E-state index is 0.0614. The third-order valence-corrected chi connectivity index (χ3v) is 4.04. The standard InChI is InChI=1S/C14H25N5/c1-9-11(15)17-13(10-6-7-10)18-12(9)16-8-14(2,3)19(4)5/h10H,6-8H2,1-5H3,(H3,15,16,17,18). The highest BCUT2D eigenvalue weighted by Gasteiger charge is 2.28. The molecule has 0 saturated heterocycles. The van der Waals surface area contributed by atoms with Crippen molar-refractivity contribution in [3.8, 4) is 0 Å². The molecule has 0 aliphatic heterocycles. The summed E-state index contributed by atoms with van der Waals surface area (Å²) in [6, 6.07) is 0. The normalized spacial score (nSPS) is 15.9. The Balaban J connectivity index is 2.15. The Hall–Kier alpha value is -1.36. The number of nitrogens with zero attached hydrogens (tertiary/aromatic N) is 3. The minimum Gasteiger partial charge on any atom is -0.383 e. The van der Waals surface area contributed by atoms with E-state index in [0.29, 0.717) is 11.7 Å². The summed E-state index contributed by atoms with van der Waals surface area (Å²) < 4.78 is 0. The van der Waals surface area contributed by atoms with Crippen LogP contribution in [0.2, 0.25) is 0 Å². The van der Waals surface area contributed by atoms with E-state index in [1.165, 1.54) is 12.8 Å². The number of nitrogens with one attached hydrogen (secondary N) is 1. The van der Waals surface area contributed by atoms with Crippen molar-refractivity contribution in [2.24, 2.45) is 0 Å². The van der Waals surface area contributed by atoms with Gasteiger partial charge in [-0.15, -0.1) is 0 Å². The Morgan fingerprint density at radius 3 is 2.47 bits per heavy atom. The van der Waals surface area contributed by atoms with Gasteiger partial charge < -0.3 is 16.0 Å². The van der Waals surface area contributed by atoms with Crippen LogP contribution in [0.15, 0.2) is 0 Å². The van der Waals surface area contributed by atoms with E-state index in [2.05, 4.69) is 48.1 Å². The van der Waals surface area contributed by atoms with Crippen LogP contribution in [0.5, 0.6) is 0 Å². The summed E-state index contributed by atoms with van der Waals surface area (Å²) in [7, 11) is 4.16. The number of hydrogen-bond acceptors (Lipinski definition) is 5. The molecule has 1 saturated carbocycles. The maximum absolute atomic E-state index is 5.98. The number of anilines is 2. The zero-order valence-corrected chi connectivity index (χ0v) is 12.6. The van der Waals surface area contributed by atoms with Gasteiger partial charge in [-0.2, -0.15) is 0 Å². The van der Waals surface area contributed by atoms with Crippen LogP contribution in [-0.2, 0) is 0 Å². The minimum atomic E-state index is 0.0614. The molecule has 0 atom stereocenters. The van der Waals surface area contributed by atoms with Crippen molar-refractivity contribution in [1.29, 1.82) is 0 Å². The molecule has 0 bridgehead atoms. The Labute approximate surface area is 115 Å². The first kappa shape index (κ1) is 14.1. The van der Waals surface area contributed by atoms with Crippen LogP contribution in [0.25, 0.3) is 0 Å². The highest BCUT2D eigenvalue weighted by atomic mass is 15.2. The summed E-state index contributed by atoms with van der Waals surface area (Å²) in [5.74, 6) is 2.89. The Morgan fingerprint density at radius 2 is 1.95 bits per heavy atom. The molecule has 1 aromatic rings. The fraction of sp³-hybridized carbons (Fsp3) is 0.714. The average Bonchev–Trinajstić information content (AvgIpc) is 3.14. The van der Waals surface area contributed by atoms with Gasteiger partial charge in [0.15, 0.2) is 0 Å². The van der Waals surface area contributed by atoms with E-state index in [1.54, 1.807) is 0 Å². The topological polar surface area (TPSA) is 67.1 Å². The van der Waals surface area contributed by atoms with Crippen LogP contribution >= 0.6 is 0 Å². The van der Waals surface area contributed by atoms with Crippen molar-refractivity contribution in [1.82, 2.24) is 14.9 Å². The van der Waals surface area contributed by atoms with Crippen LogP contribution in [0.4, 0.5) is 11.6 Å². The molecule has 1 aliphatic rings. The summed E-state index contributed by atoms with van der Waals surface area (Å²) in [5, 5.41) is 3.43. The molecule has 5 heteroatoms. The van der Waals surface area contributed by atoms with E-state index >= 15 is 0 Å². The quantitative estimate of drug-likeness (QED) is 0.850. The summed E-state index contributed by atoms with van der Waals surface area (Å²) in [5.41, 5.74) is 6.99. The molecule has 0 spiro atoms. The van der Waals surface area contributed by atoms with Crippen molar-refractivity contribution in [2.75, 3.05) is 31.7 Å². The van der Waals surface area contributed by atoms with Crippen LogP contribution < -0.4 is 11.1 Å². The molecule has 106 valence electrons. The first-order chi connectivity index (χ1) is 8.81. The molecule has 19 heavy (non-hydrogen) atoms. The molecule has 0 radical (unpaired) electrons. The molecule has 2 rings (SSSR count). The van der Waals surface area contributed by atoms with Crippen molar-refractivity contribution in [3.05, 3.63) is 11.4 Å². The molecule has 1 aromatic heterocycles. The summed E-state index contributed by atoms with van der Waals surface area (Å²) in [6.45, 7) is 7.18. The van der Waals surface area contributed by atoms with Gasteiger partial charge in [-0.3, -0.25) is 0 Å². The molecule has 0 amide bonds. The number of rotatable bonds is 5. The van der Waals surface area contributed by atoms with Crippen LogP contribution in [0, 0.1) is 6.92 Å². The second kappa shape index (κ2) is 4.96. The fourth-order valence-electron chi connectivity index (χ4n) is 1.71. The molecule has 1 fully saturated rings. The molecular weight excluding hydrogens is 238 g/mol. The van der Waals surface area contributed by atoms with E-state index in [9.17, 15) is 0 Å². The van der Waals surface area contributed by atoms with Gasteiger partial charge in [0.2, 0.25) is 0 Å². The lowest BCUT2D eigenvalue weighted by Gasteiger charge is -2.33. The highest BCUT2D eigenvalue weighted by molar-refractivity contribution is 5.55. The lowest BCUT2D eigenvalue weighted by atomic mass is 10.0. The van der Waals surface area contributed by atoms with E-state index in [1.807, 2.05) is 6.92 Å². The molecule has 0 aromatic carbocycles. The van der Waals surface area contributed by atoms with Crippen LogP contribution in [0.3, 0.4) is 0 Å². The zero-order chi connectivity index (χ0) is 14.2. The van der Waals surface area contributed by atoms with Crippen LogP contribution in [0.1, 0.15) is 44.0 Å². The SMILES string of the molecule is Cc1c(N)nc(C2CC2)nc1NCC(C)(C)N(C)C. The van der Waals surface area contributed by atoms with Gasteiger partial charge in [-0.05, 0) is 47.7 Å². The summed E-state index contributed by atoms with van der Waals surface area (Å²) in [6.07, 6.45) is 2.37. The Morgan fingerprint density at radius 1 is 1.32 bits per heavy atom. The lowest BCUT2D eigenvalue weighted by molar-refractivity contribution is 0.210. The van der Waals surface area contributed by atoms with Gasteiger partial charge >= 0.3 is 0 Å².